The summed E-state index contributed by atoms with van der Waals surface area (Å²) in [4.78, 5) is 25.8. The second-order valence-corrected chi connectivity index (χ2v) is 8.10. The van der Waals surface area contributed by atoms with E-state index in [1.54, 1.807) is 20.8 Å². The van der Waals surface area contributed by atoms with Crippen molar-refractivity contribution in [3.05, 3.63) is 22.3 Å². The van der Waals surface area contributed by atoms with Gasteiger partial charge in [-0.3, -0.25) is 9.59 Å². The van der Waals surface area contributed by atoms with E-state index in [1.165, 1.54) is 13.8 Å². The molecule has 0 aliphatic carbocycles. The summed E-state index contributed by atoms with van der Waals surface area (Å²) in [6, 6.07) is 0. The highest BCUT2D eigenvalue weighted by Gasteiger charge is 2.33. The highest BCUT2D eigenvalue weighted by molar-refractivity contribution is 6.24. The fourth-order valence-electron chi connectivity index (χ4n) is 3.60. The number of carbonyl (C=O) groups excluding carboxylic acids is 2. The van der Waals surface area contributed by atoms with Gasteiger partial charge in [0.05, 0.1) is 10.8 Å². The predicted molar refractivity (Wildman–Crippen MR) is 113 cm³/mol. The monoisotopic (exact) mass is 414 g/mol. The average molecular weight is 414 g/mol. The first kappa shape index (κ1) is 21.5. The van der Waals surface area contributed by atoms with Gasteiger partial charge in [-0.1, -0.05) is 27.7 Å². The molecule has 0 radical (unpaired) electrons. The van der Waals surface area contributed by atoms with Crippen LogP contribution in [0.25, 0.3) is 21.9 Å². The number of carbonyl (C=O) groups is 2. The Bertz CT molecular complexity index is 1210. The average Bonchev–Trinajstić information content (AvgIpc) is 3.09. The Morgan fingerprint density at radius 3 is 1.53 bits per heavy atom. The lowest BCUT2D eigenvalue weighted by atomic mass is 9.91. The molecule has 0 saturated heterocycles. The molecular weight excluding hydrogens is 388 g/mol. The summed E-state index contributed by atoms with van der Waals surface area (Å²) in [5.41, 5.74) is -0.417. The van der Waals surface area contributed by atoms with Gasteiger partial charge in [0.2, 0.25) is 0 Å². The van der Waals surface area contributed by atoms with E-state index < -0.39 is 29.1 Å². The van der Waals surface area contributed by atoms with Gasteiger partial charge >= 0.3 is 0 Å². The minimum absolute atomic E-state index is 0.0168. The molecule has 0 saturated carbocycles. The predicted octanol–water partition coefficient (Wildman–Crippen LogP) is 5.09. The number of phenols is 4. The molecule has 4 N–H and O–H groups in total. The molecule has 0 aliphatic rings. The van der Waals surface area contributed by atoms with E-state index in [2.05, 4.69) is 0 Å². The first-order valence-electron chi connectivity index (χ1n) is 9.89. The lowest BCUT2D eigenvalue weighted by Gasteiger charge is -2.13. The minimum Gasteiger partial charge on any atom is -0.507 e. The topological polar surface area (TPSA) is 128 Å². The molecule has 0 bridgehead atoms. The van der Waals surface area contributed by atoms with Crippen molar-refractivity contribution in [2.45, 2.75) is 48.0 Å². The Morgan fingerprint density at radius 2 is 1.17 bits per heavy atom. The second-order valence-electron chi connectivity index (χ2n) is 8.10. The number of benzene rings is 2. The van der Waals surface area contributed by atoms with Crippen molar-refractivity contribution >= 4 is 33.5 Å². The summed E-state index contributed by atoms with van der Waals surface area (Å²) in [5, 5.41) is 42.8. The van der Waals surface area contributed by atoms with Gasteiger partial charge in [0, 0.05) is 23.0 Å². The number of phenolic OH excluding ortho intramolecular Hbond substituents is 4. The Balaban J connectivity index is 2.64. The van der Waals surface area contributed by atoms with E-state index in [4.69, 9.17) is 4.42 Å². The van der Waals surface area contributed by atoms with Gasteiger partial charge < -0.3 is 24.8 Å². The van der Waals surface area contributed by atoms with E-state index in [0.29, 0.717) is 6.42 Å². The lowest BCUT2D eigenvalue weighted by molar-refractivity contribution is 0.0922. The molecule has 0 amide bonds. The van der Waals surface area contributed by atoms with Crippen LogP contribution in [0.2, 0.25) is 0 Å². The van der Waals surface area contributed by atoms with Crippen LogP contribution in [0, 0.1) is 25.7 Å². The van der Waals surface area contributed by atoms with Gasteiger partial charge in [0.1, 0.15) is 34.1 Å². The molecule has 1 aromatic heterocycles. The fraction of sp³-hybridized carbons (Fsp3) is 0.391. The smallest absolute Gasteiger partial charge is 0.173 e. The Hall–Kier alpha value is -3.22. The normalized spacial score (nSPS) is 12.8. The highest BCUT2D eigenvalue weighted by atomic mass is 16.3. The summed E-state index contributed by atoms with van der Waals surface area (Å²) >= 11 is 0. The highest BCUT2D eigenvalue weighted by Crippen LogP contribution is 2.51. The van der Waals surface area contributed by atoms with Gasteiger partial charge in [-0.25, -0.2) is 0 Å². The van der Waals surface area contributed by atoms with Gasteiger partial charge in [0.15, 0.2) is 22.7 Å². The SMILES string of the molecule is CC[C@H](C)C(=O)c1c(O)c(C)c(O)c2c1oc1c(C(=O)C(C)C)c(O)c(C)c(O)c12. The van der Waals surface area contributed by atoms with E-state index in [-0.39, 0.29) is 61.5 Å². The second kappa shape index (κ2) is 7.23. The molecule has 0 unspecified atom stereocenters. The van der Waals surface area contributed by atoms with Crippen molar-refractivity contribution in [3.8, 4) is 23.0 Å². The van der Waals surface area contributed by atoms with Crippen LogP contribution in [0.5, 0.6) is 23.0 Å². The maximum absolute atomic E-state index is 13.0. The summed E-state index contributed by atoms with van der Waals surface area (Å²) in [6.07, 6.45) is 0.516. The number of aromatic hydroxyl groups is 4. The van der Waals surface area contributed by atoms with Crippen LogP contribution in [0.4, 0.5) is 0 Å². The molecule has 160 valence electrons. The molecule has 0 spiro atoms. The molecule has 3 aromatic rings. The third-order valence-corrected chi connectivity index (χ3v) is 5.81. The number of Topliss-reactive ketones (excluding diaryl/α,β-unsaturated/α-hetero) is 2. The van der Waals surface area contributed by atoms with Crippen LogP contribution in [0.15, 0.2) is 4.42 Å². The molecule has 7 heteroatoms. The van der Waals surface area contributed by atoms with Crippen LogP contribution >= 0.6 is 0 Å². The lowest BCUT2D eigenvalue weighted by Crippen LogP contribution is -2.11. The zero-order valence-corrected chi connectivity index (χ0v) is 17.9. The van der Waals surface area contributed by atoms with E-state index in [0.717, 1.165) is 0 Å². The zero-order chi connectivity index (χ0) is 22.7. The fourth-order valence-corrected chi connectivity index (χ4v) is 3.60. The van der Waals surface area contributed by atoms with Crippen molar-refractivity contribution in [1.82, 2.24) is 0 Å². The molecular formula is C23H26O7. The van der Waals surface area contributed by atoms with Crippen LogP contribution in [-0.2, 0) is 0 Å². The van der Waals surface area contributed by atoms with E-state index in [9.17, 15) is 30.0 Å². The Labute approximate surface area is 173 Å². The van der Waals surface area contributed by atoms with E-state index in [1.807, 2.05) is 6.92 Å². The van der Waals surface area contributed by atoms with Crippen LogP contribution in [0.3, 0.4) is 0 Å². The third kappa shape index (κ3) is 2.80. The first-order valence-corrected chi connectivity index (χ1v) is 9.89. The summed E-state index contributed by atoms with van der Waals surface area (Å²) in [5.74, 6) is -3.31. The van der Waals surface area contributed by atoms with Gasteiger partial charge in [-0.2, -0.15) is 0 Å². The largest absolute Gasteiger partial charge is 0.507 e. The van der Waals surface area contributed by atoms with Crippen molar-refractivity contribution in [1.29, 1.82) is 0 Å². The standard InChI is InChI=1S/C23H26O7/c1-7-9(4)17(25)15-21(29)11(6)19(27)13-12-18(26)10(5)20(28)14(16(24)8(2)3)22(12)30-23(13)15/h8-9,26-29H,7H2,1-6H3/t9-/m0/s1. The van der Waals surface area contributed by atoms with Gasteiger partial charge in [0.25, 0.3) is 0 Å². The van der Waals surface area contributed by atoms with Gasteiger partial charge in [-0.15, -0.1) is 0 Å². The zero-order valence-electron chi connectivity index (χ0n) is 17.9. The maximum atomic E-state index is 13.0. The van der Waals surface area contributed by atoms with Crippen molar-refractivity contribution < 1.29 is 34.4 Å². The number of fused-ring (bicyclic) bond motifs is 3. The Kier molecular flexibility index (Phi) is 5.18. The number of ketones is 2. The van der Waals surface area contributed by atoms with Crippen LogP contribution in [-0.4, -0.2) is 32.0 Å². The molecule has 0 fully saturated rings. The third-order valence-electron chi connectivity index (χ3n) is 5.81. The van der Waals surface area contributed by atoms with Crippen molar-refractivity contribution in [2.24, 2.45) is 11.8 Å². The summed E-state index contributed by atoms with van der Waals surface area (Å²) < 4.78 is 5.85. The Morgan fingerprint density at radius 1 is 0.767 bits per heavy atom. The quantitative estimate of drug-likeness (QED) is 0.428. The number of hydrogen-bond acceptors (Lipinski definition) is 7. The molecule has 3 rings (SSSR count). The summed E-state index contributed by atoms with van der Waals surface area (Å²) in [7, 11) is 0. The molecule has 1 atom stereocenters. The molecule has 2 aromatic carbocycles. The number of hydrogen-bond donors (Lipinski definition) is 4. The molecule has 0 aliphatic heterocycles. The maximum Gasteiger partial charge on any atom is 0.173 e. The van der Waals surface area contributed by atoms with Crippen LogP contribution in [0.1, 0.15) is 66.0 Å². The van der Waals surface area contributed by atoms with Crippen LogP contribution < -0.4 is 0 Å². The molecule has 7 nitrogen and oxygen atoms in total. The van der Waals surface area contributed by atoms with Gasteiger partial charge in [-0.05, 0) is 20.3 Å². The van der Waals surface area contributed by atoms with E-state index >= 15 is 0 Å². The summed E-state index contributed by atoms with van der Waals surface area (Å²) in [6.45, 7) is 9.74. The minimum atomic E-state index is -0.485. The first-order chi connectivity index (χ1) is 13.9. The number of furan rings is 1. The molecule has 1 heterocycles. The number of rotatable bonds is 5. The molecule has 30 heavy (non-hydrogen) atoms. The van der Waals surface area contributed by atoms with Crippen molar-refractivity contribution in [3.63, 3.8) is 0 Å². The van der Waals surface area contributed by atoms with Crippen molar-refractivity contribution in [2.75, 3.05) is 0 Å².